The lowest BCUT2D eigenvalue weighted by molar-refractivity contribution is 0.199. The maximum atomic E-state index is 13.5. The predicted octanol–water partition coefficient (Wildman–Crippen LogP) is 1.38. The van der Waals surface area contributed by atoms with E-state index in [1.807, 2.05) is 0 Å². The van der Waals surface area contributed by atoms with Crippen LogP contribution >= 0.6 is 12.4 Å². The molecule has 0 aliphatic heterocycles. The van der Waals surface area contributed by atoms with Crippen LogP contribution in [0.2, 0.25) is 0 Å². The Morgan fingerprint density at radius 3 is 2.24 bits per heavy atom. The molecular formula is C13H22ClFN2O3S. The summed E-state index contributed by atoms with van der Waals surface area (Å²) in [7, 11) is -2.00. The first-order valence-electron chi connectivity index (χ1n) is 6.34. The molecule has 0 radical (unpaired) electrons. The van der Waals surface area contributed by atoms with Crippen molar-refractivity contribution in [2.75, 3.05) is 33.4 Å². The molecule has 0 heterocycles. The molecular weight excluding hydrogens is 319 g/mol. The van der Waals surface area contributed by atoms with Gasteiger partial charge in [-0.25, -0.2) is 17.5 Å². The zero-order valence-electron chi connectivity index (χ0n) is 12.4. The van der Waals surface area contributed by atoms with E-state index in [0.29, 0.717) is 30.8 Å². The van der Waals surface area contributed by atoms with Crippen molar-refractivity contribution in [3.63, 3.8) is 0 Å². The summed E-state index contributed by atoms with van der Waals surface area (Å²) in [5, 5.41) is 3.03. The standard InChI is InChI=1S/C13H21FN2O3S.ClH/c1-10-8-12(9-11(2)13(10)14)20(17,18)16-5-4-15-6-7-19-3;/h8-9,15-16H,4-7H2,1-3H3;1H. The first kappa shape index (κ1) is 20.3. The van der Waals surface area contributed by atoms with Gasteiger partial charge in [-0.3, -0.25) is 0 Å². The third-order valence-corrected chi connectivity index (χ3v) is 4.24. The number of benzene rings is 1. The van der Waals surface area contributed by atoms with Crippen molar-refractivity contribution in [2.24, 2.45) is 0 Å². The predicted molar refractivity (Wildman–Crippen MR) is 83.1 cm³/mol. The summed E-state index contributed by atoms with van der Waals surface area (Å²) in [4.78, 5) is 0.0887. The lowest BCUT2D eigenvalue weighted by atomic mass is 10.1. The second kappa shape index (κ2) is 9.32. The first-order chi connectivity index (χ1) is 9.38. The summed E-state index contributed by atoms with van der Waals surface area (Å²) >= 11 is 0. The first-order valence-corrected chi connectivity index (χ1v) is 7.83. The lowest BCUT2D eigenvalue weighted by Crippen LogP contribution is -2.33. The molecule has 5 nitrogen and oxygen atoms in total. The molecule has 0 atom stereocenters. The zero-order valence-corrected chi connectivity index (χ0v) is 14.0. The molecule has 0 unspecified atom stereocenters. The minimum absolute atomic E-state index is 0. The molecule has 0 amide bonds. The highest BCUT2D eigenvalue weighted by molar-refractivity contribution is 7.89. The van der Waals surface area contributed by atoms with Gasteiger partial charge in [0.15, 0.2) is 0 Å². The van der Waals surface area contributed by atoms with Crippen LogP contribution in [0.15, 0.2) is 17.0 Å². The van der Waals surface area contributed by atoms with Crippen LogP contribution in [0.5, 0.6) is 0 Å². The van der Waals surface area contributed by atoms with Crippen molar-refractivity contribution < 1.29 is 17.5 Å². The Balaban J connectivity index is 0.00000400. The minimum atomic E-state index is -3.60. The van der Waals surface area contributed by atoms with Crippen LogP contribution < -0.4 is 10.0 Å². The van der Waals surface area contributed by atoms with Crippen molar-refractivity contribution in [2.45, 2.75) is 18.7 Å². The molecule has 0 bridgehead atoms. The fraction of sp³-hybridized carbons (Fsp3) is 0.538. The van der Waals surface area contributed by atoms with Gasteiger partial charge in [-0.15, -0.1) is 12.4 Å². The fourth-order valence-corrected chi connectivity index (χ4v) is 2.92. The third kappa shape index (κ3) is 6.27. The van der Waals surface area contributed by atoms with Crippen LogP contribution in [0.25, 0.3) is 0 Å². The van der Waals surface area contributed by atoms with Gasteiger partial charge < -0.3 is 10.1 Å². The van der Waals surface area contributed by atoms with E-state index in [9.17, 15) is 12.8 Å². The number of hydrogen-bond donors (Lipinski definition) is 2. The number of aryl methyl sites for hydroxylation is 2. The Hall–Kier alpha value is -0.730. The topological polar surface area (TPSA) is 67.4 Å². The van der Waals surface area contributed by atoms with Gasteiger partial charge in [0, 0.05) is 26.7 Å². The average Bonchev–Trinajstić information content (AvgIpc) is 2.39. The number of methoxy groups -OCH3 is 1. The van der Waals surface area contributed by atoms with Gasteiger partial charge >= 0.3 is 0 Å². The van der Waals surface area contributed by atoms with Gasteiger partial charge in [0.1, 0.15) is 5.82 Å². The summed E-state index contributed by atoms with van der Waals surface area (Å²) in [6.45, 7) is 5.10. The quantitative estimate of drug-likeness (QED) is 0.702. The van der Waals surface area contributed by atoms with Gasteiger partial charge in [0.2, 0.25) is 10.0 Å². The molecule has 0 saturated carbocycles. The van der Waals surface area contributed by atoms with E-state index in [4.69, 9.17) is 4.74 Å². The van der Waals surface area contributed by atoms with Gasteiger partial charge in [0.25, 0.3) is 0 Å². The van der Waals surface area contributed by atoms with Crippen LogP contribution in [-0.2, 0) is 14.8 Å². The van der Waals surface area contributed by atoms with Crippen LogP contribution in [0.4, 0.5) is 4.39 Å². The van der Waals surface area contributed by atoms with Crippen LogP contribution in [0.3, 0.4) is 0 Å². The van der Waals surface area contributed by atoms with E-state index < -0.39 is 10.0 Å². The molecule has 0 aromatic heterocycles. The largest absolute Gasteiger partial charge is 0.383 e. The highest BCUT2D eigenvalue weighted by atomic mass is 35.5. The third-order valence-electron chi connectivity index (χ3n) is 2.80. The second-order valence-corrected chi connectivity index (χ2v) is 6.28. The molecule has 21 heavy (non-hydrogen) atoms. The number of hydrogen-bond acceptors (Lipinski definition) is 4. The number of nitrogens with one attached hydrogen (secondary N) is 2. The molecule has 0 fully saturated rings. The molecule has 122 valence electrons. The summed E-state index contributed by atoms with van der Waals surface area (Å²) in [6, 6.07) is 2.67. The maximum Gasteiger partial charge on any atom is 0.240 e. The molecule has 8 heteroatoms. The molecule has 0 aliphatic carbocycles. The minimum Gasteiger partial charge on any atom is -0.383 e. The van der Waals surface area contributed by atoms with E-state index in [0.717, 1.165) is 0 Å². The van der Waals surface area contributed by atoms with Crippen LogP contribution in [0, 0.1) is 19.7 Å². The average molecular weight is 341 g/mol. The summed E-state index contributed by atoms with van der Waals surface area (Å²) in [5.41, 5.74) is 0.646. The van der Waals surface area contributed by atoms with Crippen molar-refractivity contribution in [3.05, 3.63) is 29.1 Å². The molecule has 1 aromatic rings. The maximum absolute atomic E-state index is 13.5. The Labute approximate surface area is 131 Å². The Kier molecular flexibility index (Phi) is 9.00. The Morgan fingerprint density at radius 1 is 1.14 bits per heavy atom. The highest BCUT2D eigenvalue weighted by Gasteiger charge is 2.16. The molecule has 1 rings (SSSR count). The zero-order chi connectivity index (χ0) is 15.2. The van der Waals surface area contributed by atoms with Crippen molar-refractivity contribution in [1.29, 1.82) is 0 Å². The SMILES string of the molecule is COCCNCCNS(=O)(=O)c1cc(C)c(F)c(C)c1.Cl. The lowest BCUT2D eigenvalue weighted by Gasteiger charge is -2.10. The van der Waals surface area contributed by atoms with Gasteiger partial charge in [-0.1, -0.05) is 0 Å². The van der Waals surface area contributed by atoms with E-state index in [1.54, 1.807) is 21.0 Å². The van der Waals surface area contributed by atoms with Crippen LogP contribution in [0.1, 0.15) is 11.1 Å². The fourth-order valence-electron chi connectivity index (χ4n) is 1.72. The Morgan fingerprint density at radius 2 is 1.71 bits per heavy atom. The van der Waals surface area contributed by atoms with Crippen molar-refractivity contribution >= 4 is 22.4 Å². The van der Waals surface area contributed by atoms with Crippen molar-refractivity contribution in [1.82, 2.24) is 10.0 Å². The summed E-state index contributed by atoms with van der Waals surface area (Å²) < 4.78 is 44.9. The molecule has 0 spiro atoms. The normalized spacial score (nSPS) is 11.2. The molecule has 2 N–H and O–H groups in total. The van der Waals surface area contributed by atoms with E-state index >= 15 is 0 Å². The number of halogens is 2. The van der Waals surface area contributed by atoms with Gasteiger partial charge in [-0.2, -0.15) is 0 Å². The number of sulfonamides is 1. The highest BCUT2D eigenvalue weighted by Crippen LogP contribution is 2.18. The molecule has 0 aliphatic rings. The van der Waals surface area contributed by atoms with E-state index in [1.165, 1.54) is 12.1 Å². The number of ether oxygens (including phenoxy) is 1. The monoisotopic (exact) mass is 340 g/mol. The smallest absolute Gasteiger partial charge is 0.240 e. The van der Waals surface area contributed by atoms with E-state index in [-0.39, 0.29) is 29.7 Å². The van der Waals surface area contributed by atoms with Gasteiger partial charge in [0.05, 0.1) is 11.5 Å². The molecule has 0 saturated heterocycles. The van der Waals surface area contributed by atoms with Crippen molar-refractivity contribution in [3.8, 4) is 0 Å². The number of rotatable bonds is 8. The molecule has 1 aromatic carbocycles. The summed E-state index contributed by atoms with van der Waals surface area (Å²) in [5.74, 6) is -0.370. The Bertz CT molecular complexity index is 529. The van der Waals surface area contributed by atoms with Crippen LogP contribution in [-0.4, -0.2) is 41.8 Å². The van der Waals surface area contributed by atoms with Gasteiger partial charge in [-0.05, 0) is 37.1 Å². The second-order valence-electron chi connectivity index (χ2n) is 4.51. The van der Waals surface area contributed by atoms with E-state index in [2.05, 4.69) is 10.0 Å². The summed E-state index contributed by atoms with van der Waals surface area (Å²) in [6.07, 6.45) is 0.